The summed E-state index contributed by atoms with van der Waals surface area (Å²) in [4.78, 5) is 14.3. The predicted octanol–water partition coefficient (Wildman–Crippen LogP) is 2.82. The first-order valence-corrected chi connectivity index (χ1v) is 8.02. The van der Waals surface area contributed by atoms with Crippen LogP contribution < -0.4 is 5.32 Å². The van der Waals surface area contributed by atoms with Crippen LogP contribution in [0.3, 0.4) is 0 Å². The van der Waals surface area contributed by atoms with Gasteiger partial charge in [0.25, 0.3) is 0 Å². The van der Waals surface area contributed by atoms with Crippen LogP contribution in [0.5, 0.6) is 0 Å². The van der Waals surface area contributed by atoms with Gasteiger partial charge in [0.1, 0.15) is 5.54 Å². The number of ether oxygens (including phenoxy) is 1. The topological polar surface area (TPSA) is 41.6 Å². The van der Waals surface area contributed by atoms with Crippen molar-refractivity contribution in [2.75, 3.05) is 33.8 Å². The van der Waals surface area contributed by atoms with Gasteiger partial charge >= 0.3 is 5.97 Å². The molecule has 0 aromatic heterocycles. The third-order valence-electron chi connectivity index (χ3n) is 3.76. The number of unbranched alkanes of at least 4 members (excludes halogenated alkanes) is 2. The van der Waals surface area contributed by atoms with E-state index in [1.165, 1.54) is 26.4 Å². The molecule has 1 atom stereocenters. The lowest BCUT2D eigenvalue weighted by Gasteiger charge is -2.29. The Balaban J connectivity index is 4.09. The van der Waals surface area contributed by atoms with Crippen molar-refractivity contribution in [3.8, 4) is 0 Å². The van der Waals surface area contributed by atoms with E-state index >= 15 is 0 Å². The van der Waals surface area contributed by atoms with Crippen LogP contribution in [-0.2, 0) is 9.53 Å². The summed E-state index contributed by atoms with van der Waals surface area (Å²) in [5, 5.41) is 3.33. The number of nitrogens with zero attached hydrogens (tertiary/aromatic N) is 1. The van der Waals surface area contributed by atoms with Crippen molar-refractivity contribution in [1.82, 2.24) is 10.2 Å². The largest absolute Gasteiger partial charge is 0.468 e. The van der Waals surface area contributed by atoms with E-state index in [9.17, 15) is 4.79 Å². The SMILES string of the molecule is CCCCCN(C)CCCC(C)(NCCC)C(=O)OC. The van der Waals surface area contributed by atoms with Crippen LogP contribution in [-0.4, -0.2) is 50.2 Å². The number of methoxy groups -OCH3 is 1. The van der Waals surface area contributed by atoms with Crippen molar-refractivity contribution in [3.05, 3.63) is 0 Å². The number of carbonyl (C=O) groups excluding carboxylic acids is 1. The maximum Gasteiger partial charge on any atom is 0.325 e. The van der Waals surface area contributed by atoms with Gasteiger partial charge in [0.05, 0.1) is 7.11 Å². The number of carbonyl (C=O) groups is 1. The fourth-order valence-electron chi connectivity index (χ4n) is 2.33. The van der Waals surface area contributed by atoms with Crippen LogP contribution in [0.1, 0.15) is 59.3 Å². The molecule has 0 aliphatic carbocycles. The standard InChI is InChI=1S/C16H34N2O2/c1-6-8-9-13-18(4)14-10-11-16(3,15(19)20-5)17-12-7-2/h17H,6-14H2,1-5H3. The second-order valence-corrected chi connectivity index (χ2v) is 5.86. The van der Waals surface area contributed by atoms with Crippen molar-refractivity contribution >= 4 is 5.97 Å². The van der Waals surface area contributed by atoms with Gasteiger partial charge in [0.2, 0.25) is 0 Å². The van der Waals surface area contributed by atoms with Gasteiger partial charge in [-0.15, -0.1) is 0 Å². The van der Waals surface area contributed by atoms with E-state index in [0.717, 1.165) is 38.9 Å². The molecule has 0 amide bonds. The molecule has 120 valence electrons. The van der Waals surface area contributed by atoms with E-state index in [1.54, 1.807) is 0 Å². The zero-order valence-electron chi connectivity index (χ0n) is 14.1. The minimum absolute atomic E-state index is 0.153. The van der Waals surface area contributed by atoms with Crippen LogP contribution >= 0.6 is 0 Å². The van der Waals surface area contributed by atoms with Gasteiger partial charge in [-0.2, -0.15) is 0 Å². The number of hydrogen-bond acceptors (Lipinski definition) is 4. The van der Waals surface area contributed by atoms with Gasteiger partial charge in [-0.25, -0.2) is 0 Å². The molecule has 0 aromatic carbocycles. The van der Waals surface area contributed by atoms with E-state index in [4.69, 9.17) is 4.74 Å². The summed E-state index contributed by atoms with van der Waals surface area (Å²) in [6, 6.07) is 0. The molecule has 0 saturated heterocycles. The zero-order chi connectivity index (χ0) is 15.4. The Morgan fingerprint density at radius 1 is 1.15 bits per heavy atom. The molecule has 0 aromatic rings. The quantitative estimate of drug-likeness (QED) is 0.442. The Hall–Kier alpha value is -0.610. The molecule has 4 nitrogen and oxygen atoms in total. The smallest absolute Gasteiger partial charge is 0.325 e. The number of hydrogen-bond donors (Lipinski definition) is 1. The second kappa shape index (κ2) is 11.1. The van der Waals surface area contributed by atoms with Crippen molar-refractivity contribution in [1.29, 1.82) is 0 Å². The van der Waals surface area contributed by atoms with Crippen molar-refractivity contribution in [2.45, 2.75) is 64.8 Å². The Morgan fingerprint density at radius 2 is 1.80 bits per heavy atom. The molecule has 0 rings (SSSR count). The molecule has 0 spiro atoms. The maximum atomic E-state index is 11.9. The molecule has 0 aliphatic rings. The lowest BCUT2D eigenvalue weighted by molar-refractivity contribution is -0.148. The third-order valence-corrected chi connectivity index (χ3v) is 3.76. The van der Waals surface area contributed by atoms with E-state index in [1.807, 2.05) is 6.92 Å². The molecular formula is C16H34N2O2. The Bertz CT molecular complexity index is 259. The first-order valence-electron chi connectivity index (χ1n) is 8.02. The van der Waals surface area contributed by atoms with E-state index in [-0.39, 0.29) is 5.97 Å². The lowest BCUT2D eigenvalue weighted by Crippen LogP contribution is -2.50. The zero-order valence-corrected chi connectivity index (χ0v) is 14.1. The monoisotopic (exact) mass is 286 g/mol. The summed E-state index contributed by atoms with van der Waals surface area (Å²) >= 11 is 0. The highest BCUT2D eigenvalue weighted by Gasteiger charge is 2.32. The fraction of sp³-hybridized carbons (Fsp3) is 0.938. The summed E-state index contributed by atoms with van der Waals surface area (Å²) in [7, 11) is 3.62. The van der Waals surface area contributed by atoms with Gasteiger partial charge in [-0.1, -0.05) is 26.7 Å². The van der Waals surface area contributed by atoms with Crippen LogP contribution in [0.15, 0.2) is 0 Å². The molecule has 1 unspecified atom stereocenters. The minimum Gasteiger partial charge on any atom is -0.468 e. The lowest BCUT2D eigenvalue weighted by atomic mass is 9.95. The van der Waals surface area contributed by atoms with Gasteiger partial charge in [0.15, 0.2) is 0 Å². The number of esters is 1. The highest BCUT2D eigenvalue weighted by molar-refractivity contribution is 5.80. The highest BCUT2D eigenvalue weighted by Crippen LogP contribution is 2.15. The first kappa shape index (κ1) is 19.4. The number of nitrogens with one attached hydrogen (secondary N) is 1. The van der Waals surface area contributed by atoms with Crippen molar-refractivity contribution in [2.24, 2.45) is 0 Å². The van der Waals surface area contributed by atoms with Crippen LogP contribution in [0.4, 0.5) is 0 Å². The van der Waals surface area contributed by atoms with Gasteiger partial charge < -0.3 is 15.0 Å². The molecule has 1 N–H and O–H groups in total. The second-order valence-electron chi connectivity index (χ2n) is 5.86. The molecule has 0 radical (unpaired) electrons. The average Bonchev–Trinajstić information content (AvgIpc) is 2.44. The molecule has 0 bridgehead atoms. The predicted molar refractivity (Wildman–Crippen MR) is 85.0 cm³/mol. The Kier molecular flexibility index (Phi) is 10.8. The average molecular weight is 286 g/mol. The van der Waals surface area contributed by atoms with Crippen LogP contribution in [0.25, 0.3) is 0 Å². The number of rotatable bonds is 12. The van der Waals surface area contributed by atoms with Crippen molar-refractivity contribution in [3.63, 3.8) is 0 Å². The molecule has 0 aliphatic heterocycles. The fourth-order valence-corrected chi connectivity index (χ4v) is 2.33. The highest BCUT2D eigenvalue weighted by atomic mass is 16.5. The first-order chi connectivity index (χ1) is 9.50. The summed E-state index contributed by atoms with van der Waals surface area (Å²) in [6.07, 6.45) is 6.65. The normalized spacial score (nSPS) is 14.3. The van der Waals surface area contributed by atoms with Crippen LogP contribution in [0.2, 0.25) is 0 Å². The van der Waals surface area contributed by atoms with Crippen LogP contribution in [0, 0.1) is 0 Å². The molecule has 0 heterocycles. The van der Waals surface area contributed by atoms with Crippen molar-refractivity contribution < 1.29 is 9.53 Å². The molecule has 0 fully saturated rings. The third kappa shape index (κ3) is 7.85. The van der Waals surface area contributed by atoms with Gasteiger partial charge in [-0.05, 0) is 59.3 Å². The molecule has 4 heteroatoms. The molecule has 20 heavy (non-hydrogen) atoms. The minimum atomic E-state index is -0.547. The van der Waals surface area contributed by atoms with E-state index in [0.29, 0.717) is 0 Å². The Labute approximate surface area is 125 Å². The summed E-state index contributed by atoms with van der Waals surface area (Å²) in [5.74, 6) is -0.153. The molecule has 0 saturated carbocycles. The molecular weight excluding hydrogens is 252 g/mol. The maximum absolute atomic E-state index is 11.9. The van der Waals surface area contributed by atoms with E-state index < -0.39 is 5.54 Å². The van der Waals surface area contributed by atoms with Gasteiger partial charge in [-0.3, -0.25) is 4.79 Å². The van der Waals surface area contributed by atoms with E-state index in [2.05, 4.69) is 31.1 Å². The Morgan fingerprint density at radius 3 is 2.35 bits per heavy atom. The van der Waals surface area contributed by atoms with Gasteiger partial charge in [0, 0.05) is 0 Å². The summed E-state index contributed by atoms with van der Waals surface area (Å²) in [6.45, 7) is 9.30. The summed E-state index contributed by atoms with van der Waals surface area (Å²) < 4.78 is 4.93. The summed E-state index contributed by atoms with van der Waals surface area (Å²) in [5.41, 5.74) is -0.547.